The van der Waals surface area contributed by atoms with E-state index in [2.05, 4.69) is 15.6 Å². The third-order valence-electron chi connectivity index (χ3n) is 3.62. The molecule has 0 aliphatic heterocycles. The van der Waals surface area contributed by atoms with Crippen LogP contribution in [-0.2, 0) is 6.54 Å². The number of hydrogen-bond donors (Lipinski definition) is 2. The topological polar surface area (TPSA) is 64.1 Å². The van der Waals surface area contributed by atoms with E-state index in [1.807, 2.05) is 55.5 Å². The van der Waals surface area contributed by atoms with E-state index in [-0.39, 0.29) is 24.0 Å². The number of nitrogens with zero attached hydrogens (tertiary/aromatic N) is 1. The predicted octanol–water partition coefficient (Wildman–Crippen LogP) is 3.46. The molecule has 0 aliphatic carbocycles. The van der Waals surface area contributed by atoms with E-state index < -0.39 is 0 Å². The molecule has 0 saturated heterocycles. The lowest BCUT2D eigenvalue weighted by molar-refractivity contribution is 0.321. The number of benzene rings is 2. The molecule has 2 aromatic carbocycles. The molecule has 0 amide bonds. The van der Waals surface area contributed by atoms with Crippen LogP contribution in [-0.4, -0.2) is 39.9 Å². The Balaban J connectivity index is 0.00000364. The highest BCUT2D eigenvalue weighted by Gasteiger charge is 2.00. The average Bonchev–Trinajstić information content (AvgIpc) is 2.69. The Morgan fingerprint density at radius 2 is 1.63 bits per heavy atom. The molecule has 27 heavy (non-hydrogen) atoms. The van der Waals surface area contributed by atoms with E-state index in [9.17, 15) is 0 Å². The molecule has 0 heterocycles. The lowest BCUT2D eigenvalue weighted by atomic mass is 10.2. The van der Waals surface area contributed by atoms with Crippen molar-refractivity contribution in [3.8, 4) is 17.2 Å². The predicted molar refractivity (Wildman–Crippen MR) is 120 cm³/mol. The number of methoxy groups -OCH3 is 2. The number of nitrogens with one attached hydrogen (secondary N) is 2. The van der Waals surface area contributed by atoms with Crippen molar-refractivity contribution in [1.82, 2.24) is 10.6 Å². The minimum Gasteiger partial charge on any atom is -0.497 e. The first-order valence-electron chi connectivity index (χ1n) is 8.67. The average molecular weight is 485 g/mol. The van der Waals surface area contributed by atoms with Crippen LogP contribution in [0.25, 0.3) is 0 Å². The second-order valence-corrected chi connectivity index (χ2v) is 5.50. The van der Waals surface area contributed by atoms with Crippen molar-refractivity contribution >= 4 is 29.9 Å². The van der Waals surface area contributed by atoms with Crippen molar-refractivity contribution in [2.24, 2.45) is 4.99 Å². The lowest BCUT2D eigenvalue weighted by Gasteiger charge is -2.12. The molecule has 0 saturated carbocycles. The van der Waals surface area contributed by atoms with E-state index in [1.54, 1.807) is 14.2 Å². The van der Waals surface area contributed by atoms with Crippen LogP contribution >= 0.6 is 24.0 Å². The molecule has 6 nitrogen and oxygen atoms in total. The molecular weight excluding hydrogens is 457 g/mol. The molecule has 0 aliphatic rings. The molecule has 2 aromatic rings. The summed E-state index contributed by atoms with van der Waals surface area (Å²) in [4.78, 5) is 4.59. The zero-order valence-electron chi connectivity index (χ0n) is 16.0. The van der Waals surface area contributed by atoms with Gasteiger partial charge in [0.05, 0.1) is 27.3 Å². The highest BCUT2D eigenvalue weighted by atomic mass is 127. The lowest BCUT2D eigenvalue weighted by Crippen LogP contribution is -2.39. The van der Waals surface area contributed by atoms with E-state index in [4.69, 9.17) is 14.2 Å². The molecule has 0 fully saturated rings. The van der Waals surface area contributed by atoms with Crippen LogP contribution in [0.5, 0.6) is 17.2 Å². The van der Waals surface area contributed by atoms with Gasteiger partial charge in [-0.15, -0.1) is 24.0 Å². The van der Waals surface area contributed by atoms with Crippen molar-refractivity contribution in [3.63, 3.8) is 0 Å². The third-order valence-corrected chi connectivity index (χ3v) is 3.62. The van der Waals surface area contributed by atoms with Gasteiger partial charge >= 0.3 is 0 Å². The summed E-state index contributed by atoms with van der Waals surface area (Å²) in [7, 11) is 3.31. The van der Waals surface area contributed by atoms with Crippen molar-refractivity contribution < 1.29 is 14.2 Å². The van der Waals surface area contributed by atoms with Gasteiger partial charge in [0.25, 0.3) is 0 Å². The number of guanidine groups is 1. The van der Waals surface area contributed by atoms with Crippen LogP contribution in [0, 0.1) is 0 Å². The van der Waals surface area contributed by atoms with Crippen LogP contribution < -0.4 is 24.8 Å². The van der Waals surface area contributed by atoms with Crippen molar-refractivity contribution in [2.75, 3.05) is 33.9 Å². The third kappa shape index (κ3) is 8.38. The largest absolute Gasteiger partial charge is 0.497 e. The summed E-state index contributed by atoms with van der Waals surface area (Å²) in [6.45, 7) is 4.59. The number of rotatable bonds is 9. The molecule has 0 spiro atoms. The van der Waals surface area contributed by atoms with Crippen molar-refractivity contribution in [2.45, 2.75) is 13.5 Å². The van der Waals surface area contributed by atoms with Gasteiger partial charge in [0.15, 0.2) is 5.96 Å². The molecule has 0 radical (unpaired) electrons. The Morgan fingerprint density at radius 3 is 2.30 bits per heavy atom. The first-order valence-corrected chi connectivity index (χ1v) is 8.67. The van der Waals surface area contributed by atoms with E-state index in [1.165, 1.54) is 0 Å². The van der Waals surface area contributed by atoms with Gasteiger partial charge in [0.2, 0.25) is 0 Å². The summed E-state index contributed by atoms with van der Waals surface area (Å²) in [5.74, 6) is 3.22. The minimum absolute atomic E-state index is 0. The first-order chi connectivity index (χ1) is 12.7. The number of aliphatic imine (C=N–C) groups is 1. The van der Waals surface area contributed by atoms with Gasteiger partial charge in [-0.05, 0) is 48.9 Å². The molecule has 0 aromatic heterocycles. The van der Waals surface area contributed by atoms with Crippen LogP contribution in [0.4, 0.5) is 0 Å². The molecule has 148 valence electrons. The summed E-state index contributed by atoms with van der Waals surface area (Å²) in [5, 5.41) is 6.50. The second-order valence-electron chi connectivity index (χ2n) is 5.50. The maximum atomic E-state index is 5.71. The van der Waals surface area contributed by atoms with Crippen molar-refractivity contribution in [1.29, 1.82) is 0 Å². The fourth-order valence-electron chi connectivity index (χ4n) is 2.29. The zero-order valence-corrected chi connectivity index (χ0v) is 18.4. The number of hydrogen-bond acceptors (Lipinski definition) is 4. The molecule has 2 rings (SSSR count). The Hall–Kier alpha value is -2.16. The van der Waals surface area contributed by atoms with E-state index in [0.717, 1.165) is 35.3 Å². The SMILES string of the molecule is CCNC(=NCc1cccc(OC)c1)NCCOc1ccc(OC)cc1.I. The van der Waals surface area contributed by atoms with Gasteiger partial charge in [-0.1, -0.05) is 12.1 Å². The fraction of sp³-hybridized carbons (Fsp3) is 0.350. The Bertz CT molecular complexity index is 693. The molecular formula is C20H28IN3O3. The molecule has 0 bridgehead atoms. The standard InChI is InChI=1S/C20H27N3O3.HI/c1-4-21-20(23-15-16-6-5-7-19(14-16)25-3)22-12-13-26-18-10-8-17(24-2)9-11-18;/h5-11,14H,4,12-13,15H2,1-3H3,(H2,21,22,23);1H. The Kier molecular flexibility index (Phi) is 11.1. The monoisotopic (exact) mass is 485 g/mol. The van der Waals surface area contributed by atoms with Gasteiger partial charge in [0.1, 0.15) is 23.9 Å². The summed E-state index contributed by atoms with van der Waals surface area (Å²) in [6, 6.07) is 15.4. The number of halogens is 1. The maximum Gasteiger partial charge on any atom is 0.191 e. The first kappa shape index (κ1) is 22.9. The second kappa shape index (κ2) is 13.1. The fourth-order valence-corrected chi connectivity index (χ4v) is 2.29. The summed E-state index contributed by atoms with van der Waals surface area (Å²) < 4.78 is 16.1. The quantitative estimate of drug-likeness (QED) is 0.247. The Labute approximate surface area is 178 Å². The van der Waals surface area contributed by atoms with Gasteiger partial charge < -0.3 is 24.8 Å². The van der Waals surface area contributed by atoms with Crippen LogP contribution in [0.3, 0.4) is 0 Å². The van der Waals surface area contributed by atoms with E-state index >= 15 is 0 Å². The Morgan fingerprint density at radius 1 is 0.926 bits per heavy atom. The van der Waals surface area contributed by atoms with Crippen LogP contribution in [0.2, 0.25) is 0 Å². The summed E-state index contributed by atoms with van der Waals surface area (Å²) in [5.41, 5.74) is 1.09. The van der Waals surface area contributed by atoms with Gasteiger partial charge in [0, 0.05) is 6.54 Å². The molecule has 7 heteroatoms. The smallest absolute Gasteiger partial charge is 0.191 e. The highest BCUT2D eigenvalue weighted by Crippen LogP contribution is 2.16. The van der Waals surface area contributed by atoms with Crippen LogP contribution in [0.1, 0.15) is 12.5 Å². The minimum atomic E-state index is 0. The van der Waals surface area contributed by atoms with Gasteiger partial charge in [-0.2, -0.15) is 0 Å². The van der Waals surface area contributed by atoms with Crippen LogP contribution in [0.15, 0.2) is 53.5 Å². The molecule has 0 atom stereocenters. The summed E-state index contributed by atoms with van der Waals surface area (Å²) >= 11 is 0. The van der Waals surface area contributed by atoms with E-state index in [0.29, 0.717) is 19.7 Å². The molecule has 2 N–H and O–H groups in total. The van der Waals surface area contributed by atoms with Crippen molar-refractivity contribution in [3.05, 3.63) is 54.1 Å². The highest BCUT2D eigenvalue weighted by molar-refractivity contribution is 14.0. The van der Waals surface area contributed by atoms with Gasteiger partial charge in [-0.25, -0.2) is 4.99 Å². The summed E-state index contributed by atoms with van der Waals surface area (Å²) in [6.07, 6.45) is 0. The molecule has 0 unspecified atom stereocenters. The maximum absolute atomic E-state index is 5.71. The van der Waals surface area contributed by atoms with Gasteiger partial charge in [-0.3, -0.25) is 0 Å². The normalized spacial score (nSPS) is 10.6. The number of ether oxygens (including phenoxy) is 3. The zero-order chi connectivity index (χ0) is 18.6.